The molecule has 0 aliphatic rings. The van der Waals surface area contributed by atoms with Crippen molar-refractivity contribution in [3.63, 3.8) is 0 Å². The van der Waals surface area contributed by atoms with Gasteiger partial charge in [-0.25, -0.2) is 13.1 Å². The molecule has 1 atom stereocenters. The van der Waals surface area contributed by atoms with Crippen LogP contribution in [0.1, 0.15) is 27.7 Å². The molecule has 0 aromatic rings. The van der Waals surface area contributed by atoms with Gasteiger partial charge < -0.3 is 9.84 Å². The van der Waals surface area contributed by atoms with Crippen LogP contribution in [-0.4, -0.2) is 44.0 Å². The van der Waals surface area contributed by atoms with E-state index in [1.54, 1.807) is 27.7 Å². The summed E-state index contributed by atoms with van der Waals surface area (Å²) in [6.45, 7) is 6.53. The zero-order chi connectivity index (χ0) is 13.9. The Labute approximate surface area is 102 Å². The Morgan fingerprint density at radius 2 is 1.88 bits per heavy atom. The van der Waals surface area contributed by atoms with Crippen molar-refractivity contribution in [2.24, 2.45) is 5.92 Å². The van der Waals surface area contributed by atoms with Crippen LogP contribution in [0.2, 0.25) is 0 Å². The molecule has 0 heterocycles. The molecule has 0 fully saturated rings. The van der Waals surface area contributed by atoms with Gasteiger partial charge in [-0.3, -0.25) is 4.79 Å². The average molecular weight is 267 g/mol. The lowest BCUT2D eigenvalue weighted by molar-refractivity contribution is -0.140. The smallest absolute Gasteiger partial charge is 0.321 e. The third-order valence-corrected chi connectivity index (χ3v) is 4.02. The second-order valence-electron chi connectivity index (χ2n) is 4.90. The van der Waals surface area contributed by atoms with Gasteiger partial charge >= 0.3 is 5.97 Å². The fraction of sp³-hybridized carbons (Fsp3) is 0.900. The second-order valence-corrected chi connectivity index (χ2v) is 6.65. The molecule has 0 aromatic carbocycles. The maximum Gasteiger partial charge on any atom is 0.321 e. The zero-order valence-electron chi connectivity index (χ0n) is 10.9. The summed E-state index contributed by atoms with van der Waals surface area (Å²) in [5.41, 5.74) is -0.855. The highest BCUT2D eigenvalue weighted by Gasteiger charge is 2.31. The molecule has 0 radical (unpaired) electrons. The van der Waals surface area contributed by atoms with Crippen LogP contribution in [-0.2, 0) is 19.6 Å². The van der Waals surface area contributed by atoms with Gasteiger partial charge in [-0.15, -0.1) is 0 Å². The highest BCUT2D eigenvalue weighted by atomic mass is 32.2. The van der Waals surface area contributed by atoms with Crippen molar-refractivity contribution in [3.05, 3.63) is 0 Å². The first-order valence-electron chi connectivity index (χ1n) is 5.29. The van der Waals surface area contributed by atoms with Crippen molar-refractivity contribution in [3.8, 4) is 0 Å². The molecule has 2 N–H and O–H groups in total. The number of carboxylic acid groups (broad SMARTS) is 1. The first-order chi connectivity index (χ1) is 7.51. The van der Waals surface area contributed by atoms with Crippen LogP contribution in [0.15, 0.2) is 0 Å². The van der Waals surface area contributed by atoms with E-state index in [1.165, 1.54) is 7.11 Å². The molecule has 0 rings (SSSR count). The topological polar surface area (TPSA) is 92.7 Å². The first kappa shape index (κ1) is 16.3. The van der Waals surface area contributed by atoms with Crippen LogP contribution in [0.25, 0.3) is 0 Å². The molecular weight excluding hydrogens is 246 g/mol. The van der Waals surface area contributed by atoms with Crippen molar-refractivity contribution in [2.45, 2.75) is 39.3 Å². The van der Waals surface area contributed by atoms with Gasteiger partial charge in [0.1, 0.15) is 6.04 Å². The van der Waals surface area contributed by atoms with Crippen molar-refractivity contribution < 1.29 is 23.1 Å². The van der Waals surface area contributed by atoms with Gasteiger partial charge in [0, 0.05) is 7.11 Å². The number of hydrogen-bond acceptors (Lipinski definition) is 4. The van der Waals surface area contributed by atoms with Crippen molar-refractivity contribution in [2.75, 3.05) is 12.9 Å². The highest BCUT2D eigenvalue weighted by molar-refractivity contribution is 7.89. The number of sulfonamides is 1. The monoisotopic (exact) mass is 267 g/mol. The van der Waals surface area contributed by atoms with Crippen LogP contribution in [0.4, 0.5) is 0 Å². The summed E-state index contributed by atoms with van der Waals surface area (Å²) in [7, 11) is -2.29. The first-order valence-corrected chi connectivity index (χ1v) is 6.94. The number of aliphatic carboxylic acids is 1. The standard InChI is InChI=1S/C10H21NO5S/c1-7(2)8(9(12)13)11-17(14,15)6-10(3,4)16-5/h7-8,11H,6H2,1-5H3,(H,12,13). The summed E-state index contributed by atoms with van der Waals surface area (Å²) in [6, 6.07) is -1.12. The van der Waals surface area contributed by atoms with E-state index < -0.39 is 27.6 Å². The minimum absolute atomic E-state index is 0.285. The Morgan fingerprint density at radius 3 is 2.18 bits per heavy atom. The largest absolute Gasteiger partial charge is 0.480 e. The summed E-state index contributed by atoms with van der Waals surface area (Å²) in [4.78, 5) is 10.9. The third kappa shape index (κ3) is 5.99. The molecule has 0 amide bonds. The Hall–Kier alpha value is -0.660. The maximum absolute atomic E-state index is 11.8. The van der Waals surface area contributed by atoms with Crippen molar-refractivity contribution in [1.82, 2.24) is 4.72 Å². The van der Waals surface area contributed by atoms with Gasteiger partial charge in [0.05, 0.1) is 11.4 Å². The number of ether oxygens (including phenoxy) is 1. The molecule has 0 aliphatic heterocycles. The number of hydrogen-bond donors (Lipinski definition) is 2. The number of methoxy groups -OCH3 is 1. The van der Waals surface area contributed by atoms with Crippen LogP contribution in [0.3, 0.4) is 0 Å². The molecule has 7 heteroatoms. The van der Waals surface area contributed by atoms with Gasteiger partial charge in [-0.2, -0.15) is 0 Å². The molecular formula is C10H21NO5S. The number of carbonyl (C=O) groups is 1. The Kier molecular flexibility index (Phi) is 5.57. The number of carboxylic acids is 1. The van der Waals surface area contributed by atoms with E-state index in [0.29, 0.717) is 0 Å². The van der Waals surface area contributed by atoms with Gasteiger partial charge in [0.15, 0.2) is 0 Å². The zero-order valence-corrected chi connectivity index (χ0v) is 11.7. The van der Waals surface area contributed by atoms with Crippen molar-refractivity contribution in [1.29, 1.82) is 0 Å². The minimum Gasteiger partial charge on any atom is -0.480 e. The summed E-state index contributed by atoms with van der Waals surface area (Å²) >= 11 is 0. The summed E-state index contributed by atoms with van der Waals surface area (Å²) in [5.74, 6) is -1.79. The molecule has 0 saturated heterocycles. The quantitative estimate of drug-likeness (QED) is 0.698. The Balaban J connectivity index is 4.81. The molecule has 17 heavy (non-hydrogen) atoms. The molecule has 0 aliphatic carbocycles. The molecule has 0 saturated carbocycles. The molecule has 1 unspecified atom stereocenters. The predicted molar refractivity (Wildman–Crippen MR) is 64.3 cm³/mol. The lowest BCUT2D eigenvalue weighted by Crippen LogP contribution is -2.48. The van der Waals surface area contributed by atoms with E-state index in [1.807, 2.05) is 0 Å². The van der Waals surface area contributed by atoms with E-state index in [2.05, 4.69) is 4.72 Å². The summed E-state index contributed by atoms with van der Waals surface area (Å²) in [5, 5.41) is 8.90. The van der Waals surface area contributed by atoms with Crippen LogP contribution >= 0.6 is 0 Å². The van der Waals surface area contributed by atoms with Gasteiger partial charge in [0.2, 0.25) is 10.0 Å². The lowest BCUT2D eigenvalue weighted by atomic mass is 10.1. The number of rotatable bonds is 7. The fourth-order valence-electron chi connectivity index (χ4n) is 1.22. The van der Waals surface area contributed by atoms with E-state index in [9.17, 15) is 13.2 Å². The fourth-order valence-corrected chi connectivity index (χ4v) is 3.10. The summed E-state index contributed by atoms with van der Waals surface area (Å²) in [6.07, 6.45) is 0. The van der Waals surface area contributed by atoms with E-state index in [0.717, 1.165) is 0 Å². The van der Waals surface area contributed by atoms with E-state index in [4.69, 9.17) is 9.84 Å². The van der Waals surface area contributed by atoms with E-state index in [-0.39, 0.29) is 11.7 Å². The van der Waals surface area contributed by atoms with Crippen LogP contribution in [0.5, 0.6) is 0 Å². The van der Waals surface area contributed by atoms with Gasteiger partial charge in [-0.05, 0) is 19.8 Å². The molecule has 0 bridgehead atoms. The van der Waals surface area contributed by atoms with Gasteiger partial charge in [-0.1, -0.05) is 13.8 Å². The van der Waals surface area contributed by atoms with Crippen LogP contribution in [0, 0.1) is 5.92 Å². The Morgan fingerprint density at radius 1 is 1.41 bits per heavy atom. The molecule has 0 spiro atoms. The predicted octanol–water partition coefficient (Wildman–Crippen LogP) is 0.440. The van der Waals surface area contributed by atoms with Crippen molar-refractivity contribution >= 4 is 16.0 Å². The highest BCUT2D eigenvalue weighted by Crippen LogP contribution is 2.12. The maximum atomic E-state index is 11.8. The normalized spacial score (nSPS) is 14.9. The van der Waals surface area contributed by atoms with Gasteiger partial charge in [0.25, 0.3) is 0 Å². The lowest BCUT2D eigenvalue weighted by Gasteiger charge is -2.25. The second kappa shape index (κ2) is 5.79. The molecule has 6 nitrogen and oxygen atoms in total. The molecule has 102 valence electrons. The minimum atomic E-state index is -3.70. The number of nitrogens with one attached hydrogen (secondary N) is 1. The van der Waals surface area contributed by atoms with E-state index >= 15 is 0 Å². The SMILES string of the molecule is COC(C)(C)CS(=O)(=O)NC(C(=O)O)C(C)C. The third-order valence-electron chi connectivity index (χ3n) is 2.33. The van der Waals surface area contributed by atoms with Crippen LogP contribution < -0.4 is 4.72 Å². The molecule has 0 aromatic heterocycles. The Bertz CT molecular complexity index is 361. The summed E-state index contributed by atoms with van der Waals surface area (Å²) < 4.78 is 30.7. The average Bonchev–Trinajstić information content (AvgIpc) is 2.12.